The highest BCUT2D eigenvalue weighted by Gasteiger charge is 2.32. The molecule has 3 rings (SSSR count). The molecule has 162 valence electrons. The highest BCUT2D eigenvalue weighted by atomic mass is 32.1. The third-order valence-corrected chi connectivity index (χ3v) is 5.94. The maximum atomic E-state index is 14.0. The lowest BCUT2D eigenvalue weighted by Crippen LogP contribution is -2.31. The van der Waals surface area contributed by atoms with E-state index in [1.54, 1.807) is 6.92 Å². The fourth-order valence-corrected chi connectivity index (χ4v) is 4.56. The van der Waals surface area contributed by atoms with Gasteiger partial charge in [0.15, 0.2) is 23.3 Å². The van der Waals surface area contributed by atoms with Gasteiger partial charge in [0.2, 0.25) is 5.82 Å². The molecule has 0 bridgehead atoms. The molecular weight excluding hydrogens is 429 g/mol. The number of thiophene rings is 1. The number of benzene rings is 1. The minimum atomic E-state index is -2.35. The van der Waals surface area contributed by atoms with Gasteiger partial charge < -0.3 is 10.6 Å². The van der Waals surface area contributed by atoms with Crippen LogP contribution < -0.4 is 10.6 Å². The monoisotopic (exact) mass is 447 g/mol. The second kappa shape index (κ2) is 8.68. The van der Waals surface area contributed by atoms with Crippen LogP contribution in [-0.4, -0.2) is 36.3 Å². The largest absolute Gasteiger partial charge is 0.352 e. The number of amides is 2. The van der Waals surface area contributed by atoms with Crippen LogP contribution in [0.4, 0.5) is 27.0 Å². The molecule has 0 unspecified atom stereocenters. The van der Waals surface area contributed by atoms with Crippen molar-refractivity contribution in [3.63, 3.8) is 0 Å². The Kier molecular flexibility index (Phi) is 6.41. The number of hydrogen-bond donors (Lipinski definition) is 2. The summed E-state index contributed by atoms with van der Waals surface area (Å²) in [5.41, 5.74) is -0.761. The molecule has 30 heavy (non-hydrogen) atoms. The van der Waals surface area contributed by atoms with E-state index in [0.29, 0.717) is 31.6 Å². The van der Waals surface area contributed by atoms with Gasteiger partial charge in [0, 0.05) is 24.5 Å². The predicted octanol–water partition coefficient (Wildman–Crippen LogP) is 3.82. The van der Waals surface area contributed by atoms with Gasteiger partial charge in [0.25, 0.3) is 11.8 Å². The highest BCUT2D eigenvalue weighted by molar-refractivity contribution is 7.17. The second-order valence-electron chi connectivity index (χ2n) is 6.59. The number of hydrogen-bond acceptors (Lipinski definition) is 4. The van der Waals surface area contributed by atoms with Crippen LogP contribution in [0.15, 0.2) is 0 Å². The quantitative estimate of drug-likeness (QED) is 0.416. The molecule has 0 radical (unpaired) electrons. The zero-order valence-electron chi connectivity index (χ0n) is 16.1. The van der Waals surface area contributed by atoms with E-state index in [0.717, 1.165) is 22.8 Å². The molecule has 5 nitrogen and oxygen atoms in total. The van der Waals surface area contributed by atoms with Crippen molar-refractivity contribution in [1.29, 1.82) is 0 Å². The first-order valence-corrected chi connectivity index (χ1v) is 10.0. The van der Waals surface area contributed by atoms with E-state index >= 15 is 0 Å². The van der Waals surface area contributed by atoms with Crippen molar-refractivity contribution in [2.75, 3.05) is 25.0 Å². The number of likely N-dealkylation sites (N-methyl/N-ethyl adjacent to an activating group) is 1. The number of anilines is 1. The van der Waals surface area contributed by atoms with Crippen LogP contribution in [0, 0.1) is 29.1 Å². The van der Waals surface area contributed by atoms with Crippen molar-refractivity contribution in [3.8, 4) is 0 Å². The van der Waals surface area contributed by atoms with Gasteiger partial charge in [-0.15, -0.1) is 11.3 Å². The van der Waals surface area contributed by atoms with E-state index in [-0.39, 0.29) is 10.6 Å². The maximum Gasteiger partial charge on any atom is 0.262 e. The summed E-state index contributed by atoms with van der Waals surface area (Å²) in [6.07, 6.45) is 0.518. The summed E-state index contributed by atoms with van der Waals surface area (Å²) in [5.74, 6) is -13.3. The summed E-state index contributed by atoms with van der Waals surface area (Å²) in [4.78, 5) is 27.9. The van der Waals surface area contributed by atoms with E-state index in [1.165, 1.54) is 0 Å². The Labute approximate surface area is 172 Å². The van der Waals surface area contributed by atoms with Gasteiger partial charge in [0.1, 0.15) is 10.6 Å². The van der Waals surface area contributed by atoms with Crippen LogP contribution in [0.5, 0.6) is 0 Å². The van der Waals surface area contributed by atoms with E-state index in [9.17, 15) is 31.5 Å². The van der Waals surface area contributed by atoms with E-state index in [2.05, 4.69) is 15.5 Å². The second-order valence-corrected chi connectivity index (χ2v) is 7.69. The van der Waals surface area contributed by atoms with Gasteiger partial charge in [-0.05, 0) is 25.5 Å². The summed E-state index contributed by atoms with van der Waals surface area (Å²) >= 11 is 1.04. The molecule has 0 saturated carbocycles. The van der Waals surface area contributed by atoms with Gasteiger partial charge in [-0.2, -0.15) is 0 Å². The van der Waals surface area contributed by atoms with Crippen molar-refractivity contribution in [2.24, 2.45) is 0 Å². The van der Waals surface area contributed by atoms with Gasteiger partial charge in [0.05, 0.1) is 5.56 Å². The van der Waals surface area contributed by atoms with E-state index < -0.39 is 46.5 Å². The third-order valence-electron chi connectivity index (χ3n) is 4.81. The number of halogens is 5. The predicted molar refractivity (Wildman–Crippen MR) is 101 cm³/mol. The zero-order valence-corrected chi connectivity index (χ0v) is 16.9. The summed E-state index contributed by atoms with van der Waals surface area (Å²) in [6.45, 7) is 5.92. The molecule has 0 spiro atoms. The standard InChI is InChI=1S/C19H18F5N3O2S/c1-3-25-17(28)10-8-5-6-27(4-2)7-9(8)30-19(10)26-18(29)11-12(20)14(22)16(24)15(23)13(11)21/h3-7H2,1-2H3,(H,25,28)(H,26,29). The van der Waals surface area contributed by atoms with Crippen LogP contribution in [-0.2, 0) is 13.0 Å². The van der Waals surface area contributed by atoms with Crippen LogP contribution in [0.25, 0.3) is 0 Å². The molecule has 2 amide bonds. The third kappa shape index (κ3) is 3.79. The van der Waals surface area contributed by atoms with Crippen molar-refractivity contribution in [3.05, 3.63) is 50.7 Å². The lowest BCUT2D eigenvalue weighted by atomic mass is 10.0. The average Bonchev–Trinajstić information content (AvgIpc) is 3.07. The topological polar surface area (TPSA) is 61.4 Å². The molecule has 0 saturated heterocycles. The Morgan fingerprint density at radius 1 is 0.933 bits per heavy atom. The van der Waals surface area contributed by atoms with Gasteiger partial charge in [-0.3, -0.25) is 14.5 Å². The highest BCUT2D eigenvalue weighted by Crippen LogP contribution is 2.37. The van der Waals surface area contributed by atoms with Crippen LogP contribution >= 0.6 is 11.3 Å². The van der Waals surface area contributed by atoms with Crippen molar-refractivity contribution < 1.29 is 31.5 Å². The molecule has 0 atom stereocenters. The zero-order chi connectivity index (χ0) is 22.2. The molecule has 11 heteroatoms. The number of nitrogens with zero attached hydrogens (tertiary/aromatic N) is 1. The fraction of sp³-hybridized carbons (Fsp3) is 0.368. The molecule has 2 heterocycles. The first kappa shape index (κ1) is 22.2. The fourth-order valence-electron chi connectivity index (χ4n) is 3.27. The Hall–Kier alpha value is -2.53. The summed E-state index contributed by atoms with van der Waals surface area (Å²) in [6, 6.07) is 0. The van der Waals surface area contributed by atoms with E-state index in [4.69, 9.17) is 0 Å². The molecule has 0 aliphatic carbocycles. The number of fused-ring (bicyclic) bond motifs is 1. The summed E-state index contributed by atoms with van der Waals surface area (Å²) in [7, 11) is 0. The van der Waals surface area contributed by atoms with Gasteiger partial charge >= 0.3 is 0 Å². The molecule has 2 aromatic rings. The van der Waals surface area contributed by atoms with Gasteiger partial charge in [-0.25, -0.2) is 22.0 Å². The number of carbonyl (C=O) groups excluding carboxylic acids is 2. The molecule has 0 fully saturated rings. The molecule has 1 aliphatic heterocycles. The minimum Gasteiger partial charge on any atom is -0.352 e. The smallest absolute Gasteiger partial charge is 0.262 e. The molecular formula is C19H18F5N3O2S. The van der Waals surface area contributed by atoms with Crippen LogP contribution in [0.1, 0.15) is 45.0 Å². The molecule has 2 N–H and O–H groups in total. The Balaban J connectivity index is 2.04. The normalized spacial score (nSPS) is 13.8. The van der Waals surface area contributed by atoms with Crippen molar-refractivity contribution in [1.82, 2.24) is 10.2 Å². The number of rotatable bonds is 5. The SMILES string of the molecule is CCNC(=O)c1c(NC(=O)c2c(F)c(F)c(F)c(F)c2F)sc2c1CCN(CC)C2. The van der Waals surface area contributed by atoms with Gasteiger partial charge in [-0.1, -0.05) is 6.92 Å². The van der Waals surface area contributed by atoms with Crippen LogP contribution in [0.2, 0.25) is 0 Å². The van der Waals surface area contributed by atoms with Crippen molar-refractivity contribution >= 4 is 28.2 Å². The number of carbonyl (C=O) groups is 2. The summed E-state index contributed by atoms with van der Waals surface area (Å²) in [5, 5.41) is 4.78. The Bertz CT molecular complexity index is 995. The first-order chi connectivity index (χ1) is 14.2. The number of nitrogens with one attached hydrogen (secondary N) is 2. The summed E-state index contributed by atoms with van der Waals surface area (Å²) < 4.78 is 68.2. The lowest BCUT2D eigenvalue weighted by Gasteiger charge is -2.25. The lowest BCUT2D eigenvalue weighted by molar-refractivity contribution is 0.0955. The van der Waals surface area contributed by atoms with E-state index in [1.807, 2.05) is 6.92 Å². The maximum absolute atomic E-state index is 14.0. The molecule has 1 aromatic carbocycles. The van der Waals surface area contributed by atoms with Crippen LogP contribution in [0.3, 0.4) is 0 Å². The molecule has 1 aromatic heterocycles. The van der Waals surface area contributed by atoms with Crippen molar-refractivity contribution in [2.45, 2.75) is 26.8 Å². The first-order valence-electron chi connectivity index (χ1n) is 9.18. The minimum absolute atomic E-state index is 0.00200. The molecule has 1 aliphatic rings. The Morgan fingerprint density at radius 3 is 2.10 bits per heavy atom. The Morgan fingerprint density at radius 2 is 1.53 bits per heavy atom. The average molecular weight is 447 g/mol.